The van der Waals surface area contributed by atoms with Gasteiger partial charge >= 0.3 is 5.97 Å². The molecule has 5 heteroatoms. The number of nitrogens with zero attached hydrogens (tertiary/aromatic N) is 1. The van der Waals surface area contributed by atoms with Crippen LogP contribution in [0.1, 0.15) is 15.9 Å². The summed E-state index contributed by atoms with van der Waals surface area (Å²) in [6.45, 7) is 0. The molecule has 0 bridgehead atoms. The van der Waals surface area contributed by atoms with Gasteiger partial charge in [0.15, 0.2) is 0 Å². The number of halogens is 1. The zero-order chi connectivity index (χ0) is 17.8. The van der Waals surface area contributed by atoms with E-state index in [1.807, 2.05) is 0 Å². The first-order chi connectivity index (χ1) is 12.1. The Hall–Kier alpha value is -3.65. The van der Waals surface area contributed by atoms with Gasteiger partial charge in [0, 0.05) is 5.69 Å². The van der Waals surface area contributed by atoms with E-state index in [1.165, 1.54) is 30.3 Å². The molecule has 0 aliphatic heterocycles. The molecule has 0 aliphatic carbocycles. The Bertz CT molecular complexity index is 958. The third-order valence-corrected chi connectivity index (χ3v) is 3.72. The Morgan fingerprint density at radius 1 is 0.960 bits per heavy atom. The predicted molar refractivity (Wildman–Crippen MR) is 93.2 cm³/mol. The topological polar surface area (TPSA) is 73.1 Å². The Morgan fingerprint density at radius 3 is 2.20 bits per heavy atom. The van der Waals surface area contributed by atoms with E-state index in [0.717, 1.165) is 11.1 Å². The van der Waals surface area contributed by atoms with Crippen LogP contribution in [-0.4, -0.2) is 11.1 Å². The van der Waals surface area contributed by atoms with Crippen molar-refractivity contribution in [1.82, 2.24) is 0 Å². The number of rotatable bonds is 4. The molecule has 0 aromatic heterocycles. The van der Waals surface area contributed by atoms with Gasteiger partial charge in [0.05, 0.1) is 22.9 Å². The molecule has 25 heavy (non-hydrogen) atoms. The molecular formula is C20H13FN2O2. The van der Waals surface area contributed by atoms with Crippen LogP contribution in [0, 0.1) is 17.1 Å². The zero-order valence-corrected chi connectivity index (χ0v) is 13.0. The summed E-state index contributed by atoms with van der Waals surface area (Å²) in [5.41, 5.74) is 3.32. The summed E-state index contributed by atoms with van der Waals surface area (Å²) in [6.07, 6.45) is 0. The lowest BCUT2D eigenvalue weighted by atomic mass is 10.0. The van der Waals surface area contributed by atoms with Gasteiger partial charge in [-0.3, -0.25) is 0 Å². The molecule has 122 valence electrons. The summed E-state index contributed by atoms with van der Waals surface area (Å²) >= 11 is 0. The second kappa shape index (κ2) is 6.85. The first-order valence-electron chi connectivity index (χ1n) is 7.47. The number of nitriles is 1. The van der Waals surface area contributed by atoms with Crippen LogP contribution in [0.25, 0.3) is 11.1 Å². The number of anilines is 2. The molecule has 3 aromatic rings. The van der Waals surface area contributed by atoms with E-state index in [4.69, 9.17) is 5.26 Å². The summed E-state index contributed by atoms with van der Waals surface area (Å²) in [5, 5.41) is 21.3. The molecule has 0 heterocycles. The summed E-state index contributed by atoms with van der Waals surface area (Å²) in [5.74, 6) is -1.42. The van der Waals surface area contributed by atoms with Crippen molar-refractivity contribution in [2.45, 2.75) is 0 Å². The number of hydrogen-bond donors (Lipinski definition) is 2. The Morgan fingerprint density at radius 2 is 1.60 bits per heavy atom. The van der Waals surface area contributed by atoms with E-state index in [2.05, 4.69) is 11.4 Å². The zero-order valence-electron chi connectivity index (χ0n) is 13.0. The highest BCUT2D eigenvalue weighted by molar-refractivity contribution is 5.96. The Balaban J connectivity index is 2.00. The first kappa shape index (κ1) is 16.2. The second-order valence-corrected chi connectivity index (χ2v) is 5.39. The van der Waals surface area contributed by atoms with Crippen LogP contribution in [-0.2, 0) is 0 Å². The molecule has 0 unspecified atom stereocenters. The van der Waals surface area contributed by atoms with Gasteiger partial charge in [0.25, 0.3) is 0 Å². The normalized spacial score (nSPS) is 10.1. The summed E-state index contributed by atoms with van der Waals surface area (Å²) in [7, 11) is 0. The average Bonchev–Trinajstić information content (AvgIpc) is 2.63. The minimum Gasteiger partial charge on any atom is -0.478 e. The lowest BCUT2D eigenvalue weighted by Crippen LogP contribution is -2.03. The fourth-order valence-corrected chi connectivity index (χ4v) is 2.44. The molecule has 0 amide bonds. The number of aromatic carboxylic acids is 1. The van der Waals surface area contributed by atoms with Crippen LogP contribution < -0.4 is 5.32 Å². The number of carboxylic acids is 1. The summed E-state index contributed by atoms with van der Waals surface area (Å²) in [4.78, 5) is 11.5. The largest absolute Gasteiger partial charge is 0.478 e. The van der Waals surface area contributed by atoms with Crippen molar-refractivity contribution in [1.29, 1.82) is 5.26 Å². The van der Waals surface area contributed by atoms with E-state index < -0.39 is 5.97 Å². The van der Waals surface area contributed by atoms with E-state index in [0.29, 0.717) is 16.9 Å². The van der Waals surface area contributed by atoms with Gasteiger partial charge in [0.1, 0.15) is 5.82 Å². The highest BCUT2D eigenvalue weighted by Crippen LogP contribution is 2.28. The average molecular weight is 332 g/mol. The second-order valence-electron chi connectivity index (χ2n) is 5.39. The molecule has 3 rings (SSSR count). The molecule has 0 atom stereocenters. The van der Waals surface area contributed by atoms with Crippen molar-refractivity contribution in [2.24, 2.45) is 0 Å². The van der Waals surface area contributed by atoms with Crippen LogP contribution in [0.15, 0.2) is 66.7 Å². The van der Waals surface area contributed by atoms with Crippen molar-refractivity contribution in [3.05, 3.63) is 83.7 Å². The standard InChI is InChI=1S/C20H13FN2O2/c21-16-6-8-17(9-7-16)23-19-11-15(5-10-18(19)20(24)25)14-3-1-13(12-22)2-4-14/h1-11,23H,(H,24,25). The minimum atomic E-state index is -1.06. The van der Waals surface area contributed by atoms with Crippen molar-refractivity contribution in [3.8, 4) is 17.2 Å². The Kier molecular flexibility index (Phi) is 4.44. The number of carbonyl (C=O) groups is 1. The van der Waals surface area contributed by atoms with Crippen molar-refractivity contribution < 1.29 is 14.3 Å². The van der Waals surface area contributed by atoms with Crippen molar-refractivity contribution in [3.63, 3.8) is 0 Å². The fraction of sp³-hybridized carbons (Fsp3) is 0. The van der Waals surface area contributed by atoms with Crippen molar-refractivity contribution in [2.75, 3.05) is 5.32 Å². The third-order valence-electron chi connectivity index (χ3n) is 3.72. The monoisotopic (exact) mass is 332 g/mol. The number of nitrogens with one attached hydrogen (secondary N) is 1. The minimum absolute atomic E-state index is 0.113. The lowest BCUT2D eigenvalue weighted by Gasteiger charge is -2.12. The smallest absolute Gasteiger partial charge is 0.337 e. The van der Waals surface area contributed by atoms with Gasteiger partial charge in [-0.15, -0.1) is 0 Å². The molecule has 0 spiro atoms. The molecule has 0 radical (unpaired) electrons. The van der Waals surface area contributed by atoms with Crippen LogP contribution in [0.3, 0.4) is 0 Å². The van der Waals surface area contributed by atoms with Gasteiger partial charge in [-0.2, -0.15) is 5.26 Å². The maximum Gasteiger partial charge on any atom is 0.337 e. The van der Waals surface area contributed by atoms with E-state index in [1.54, 1.807) is 36.4 Å². The van der Waals surface area contributed by atoms with Crippen LogP contribution in [0.4, 0.5) is 15.8 Å². The number of carboxylic acid groups (broad SMARTS) is 1. The van der Waals surface area contributed by atoms with Crippen LogP contribution >= 0.6 is 0 Å². The fourth-order valence-electron chi connectivity index (χ4n) is 2.44. The molecule has 0 aliphatic rings. The van der Waals surface area contributed by atoms with E-state index in [-0.39, 0.29) is 11.4 Å². The molecule has 3 aromatic carbocycles. The summed E-state index contributed by atoms with van der Waals surface area (Å²) < 4.78 is 13.0. The summed E-state index contributed by atoms with van der Waals surface area (Å²) in [6, 6.07) is 19.7. The maximum atomic E-state index is 13.0. The van der Waals surface area contributed by atoms with Gasteiger partial charge in [-0.25, -0.2) is 9.18 Å². The molecular weight excluding hydrogens is 319 g/mol. The maximum absolute atomic E-state index is 13.0. The predicted octanol–water partition coefficient (Wildman–Crippen LogP) is 4.81. The van der Waals surface area contributed by atoms with E-state index in [9.17, 15) is 14.3 Å². The highest BCUT2D eigenvalue weighted by Gasteiger charge is 2.12. The van der Waals surface area contributed by atoms with Gasteiger partial charge in [-0.1, -0.05) is 18.2 Å². The molecule has 4 nitrogen and oxygen atoms in total. The van der Waals surface area contributed by atoms with Crippen LogP contribution in [0.2, 0.25) is 0 Å². The SMILES string of the molecule is N#Cc1ccc(-c2ccc(C(=O)O)c(Nc3ccc(F)cc3)c2)cc1. The lowest BCUT2D eigenvalue weighted by molar-refractivity contribution is 0.0698. The van der Waals surface area contributed by atoms with Crippen molar-refractivity contribution >= 4 is 17.3 Å². The molecule has 0 saturated heterocycles. The first-order valence-corrected chi connectivity index (χ1v) is 7.47. The Labute approximate surface area is 143 Å². The molecule has 0 saturated carbocycles. The van der Waals surface area contributed by atoms with Gasteiger partial charge < -0.3 is 10.4 Å². The number of hydrogen-bond acceptors (Lipinski definition) is 3. The van der Waals surface area contributed by atoms with E-state index >= 15 is 0 Å². The van der Waals surface area contributed by atoms with Gasteiger partial charge in [0.2, 0.25) is 0 Å². The third kappa shape index (κ3) is 3.65. The molecule has 2 N–H and O–H groups in total. The molecule has 0 fully saturated rings. The number of benzene rings is 3. The quantitative estimate of drug-likeness (QED) is 0.719. The highest BCUT2D eigenvalue weighted by atomic mass is 19.1. The van der Waals surface area contributed by atoms with Gasteiger partial charge in [-0.05, 0) is 59.7 Å². The van der Waals surface area contributed by atoms with Crippen LogP contribution in [0.5, 0.6) is 0 Å².